The molecule has 0 aliphatic carbocycles. The van der Waals surface area contributed by atoms with E-state index in [1.54, 1.807) is 31.4 Å². The van der Waals surface area contributed by atoms with E-state index in [0.717, 1.165) is 23.7 Å². The molecule has 1 amide bonds. The molecule has 28 heavy (non-hydrogen) atoms. The molecule has 0 bridgehead atoms. The lowest BCUT2D eigenvalue weighted by molar-refractivity contribution is 0.0542. The molecule has 2 aromatic carbocycles. The van der Waals surface area contributed by atoms with E-state index in [-0.39, 0.29) is 11.9 Å². The fraction of sp³-hybridized carbons (Fsp3) is 0.227. The third kappa shape index (κ3) is 3.71. The predicted octanol–water partition coefficient (Wildman–Crippen LogP) is 4.43. The molecule has 3 aromatic rings. The normalized spacial score (nSPS) is 15.8. The van der Waals surface area contributed by atoms with Gasteiger partial charge in [-0.25, -0.2) is 0 Å². The van der Waals surface area contributed by atoms with Crippen molar-refractivity contribution in [1.82, 2.24) is 9.47 Å². The van der Waals surface area contributed by atoms with E-state index in [0.29, 0.717) is 23.7 Å². The van der Waals surface area contributed by atoms with Crippen LogP contribution in [0.15, 0.2) is 66.9 Å². The van der Waals surface area contributed by atoms with Crippen LogP contribution in [0.3, 0.4) is 0 Å². The number of benzene rings is 2. The van der Waals surface area contributed by atoms with Crippen molar-refractivity contribution in [2.45, 2.75) is 12.6 Å². The zero-order valence-corrected chi connectivity index (χ0v) is 16.3. The van der Waals surface area contributed by atoms with Gasteiger partial charge in [-0.15, -0.1) is 0 Å². The summed E-state index contributed by atoms with van der Waals surface area (Å²) in [6.07, 6.45) is 2.04. The fourth-order valence-corrected chi connectivity index (χ4v) is 3.71. The van der Waals surface area contributed by atoms with Crippen molar-refractivity contribution in [3.63, 3.8) is 0 Å². The largest absolute Gasteiger partial charge is 0.497 e. The number of carbonyl (C=O) groups excluding carboxylic acids is 1. The van der Waals surface area contributed by atoms with Gasteiger partial charge in [0, 0.05) is 35.6 Å². The van der Waals surface area contributed by atoms with E-state index in [2.05, 4.69) is 4.57 Å². The standard InChI is InChI=1S/C22H21ClN2O3/c1-27-18-7-9-19(10-8-18)28-15-21-20-6-3-11-24(20)12-13-25(21)22(26)16-4-2-5-17(23)14-16/h2-11,14,21H,12-13,15H2,1H3/t21-/m0/s1. The average molecular weight is 397 g/mol. The summed E-state index contributed by atoms with van der Waals surface area (Å²) >= 11 is 6.08. The molecule has 0 N–H and O–H groups in total. The van der Waals surface area contributed by atoms with Crippen LogP contribution in [0.4, 0.5) is 0 Å². The summed E-state index contributed by atoms with van der Waals surface area (Å²) < 4.78 is 13.4. The second-order valence-electron chi connectivity index (χ2n) is 6.64. The van der Waals surface area contributed by atoms with Crippen molar-refractivity contribution in [2.75, 3.05) is 20.3 Å². The lowest BCUT2D eigenvalue weighted by Gasteiger charge is -2.37. The van der Waals surface area contributed by atoms with Gasteiger partial charge in [0.1, 0.15) is 24.1 Å². The number of nitrogens with zero attached hydrogens (tertiary/aromatic N) is 2. The summed E-state index contributed by atoms with van der Waals surface area (Å²) in [4.78, 5) is 15.0. The second kappa shape index (κ2) is 7.98. The second-order valence-corrected chi connectivity index (χ2v) is 7.07. The van der Waals surface area contributed by atoms with E-state index < -0.39 is 0 Å². The molecule has 4 rings (SSSR count). The van der Waals surface area contributed by atoms with Gasteiger partial charge < -0.3 is 18.9 Å². The first-order valence-corrected chi connectivity index (χ1v) is 9.52. The highest BCUT2D eigenvalue weighted by Crippen LogP contribution is 2.29. The first-order chi connectivity index (χ1) is 13.7. The maximum absolute atomic E-state index is 13.2. The minimum atomic E-state index is -0.183. The summed E-state index contributed by atoms with van der Waals surface area (Å²) in [5.74, 6) is 1.47. The van der Waals surface area contributed by atoms with Crippen LogP contribution in [0.1, 0.15) is 22.1 Å². The topological polar surface area (TPSA) is 43.7 Å². The molecule has 1 aliphatic heterocycles. The Morgan fingerprint density at radius 3 is 2.61 bits per heavy atom. The SMILES string of the molecule is COc1ccc(OC[C@H]2c3cccn3CCN2C(=O)c2cccc(Cl)c2)cc1. The van der Waals surface area contributed by atoms with E-state index in [4.69, 9.17) is 21.1 Å². The highest BCUT2D eigenvalue weighted by Gasteiger charge is 2.32. The lowest BCUT2D eigenvalue weighted by atomic mass is 10.1. The molecular weight excluding hydrogens is 376 g/mol. The van der Waals surface area contributed by atoms with Crippen LogP contribution in [0.5, 0.6) is 11.5 Å². The number of hydrogen-bond donors (Lipinski definition) is 0. The zero-order chi connectivity index (χ0) is 19.5. The predicted molar refractivity (Wildman–Crippen MR) is 108 cm³/mol. The van der Waals surface area contributed by atoms with Crippen molar-refractivity contribution in [2.24, 2.45) is 0 Å². The molecule has 1 aromatic heterocycles. The number of carbonyl (C=O) groups is 1. The number of ether oxygens (including phenoxy) is 2. The smallest absolute Gasteiger partial charge is 0.254 e. The van der Waals surface area contributed by atoms with Gasteiger partial charge in [-0.3, -0.25) is 4.79 Å². The van der Waals surface area contributed by atoms with Crippen LogP contribution in [0, 0.1) is 0 Å². The van der Waals surface area contributed by atoms with Crippen LogP contribution in [-0.4, -0.2) is 35.6 Å². The molecular formula is C22H21ClN2O3. The first kappa shape index (κ1) is 18.4. The Kier molecular flexibility index (Phi) is 5.26. The van der Waals surface area contributed by atoms with Gasteiger partial charge in [-0.1, -0.05) is 17.7 Å². The summed E-state index contributed by atoms with van der Waals surface area (Å²) in [5, 5.41) is 0.553. The van der Waals surface area contributed by atoms with Crippen LogP contribution < -0.4 is 9.47 Å². The Labute approximate surface area is 169 Å². The summed E-state index contributed by atoms with van der Waals surface area (Å²) in [6, 6.07) is 18.4. The van der Waals surface area contributed by atoms with E-state index in [9.17, 15) is 4.79 Å². The number of aromatic nitrogens is 1. The third-order valence-electron chi connectivity index (χ3n) is 4.96. The van der Waals surface area contributed by atoms with Gasteiger partial charge in [0.25, 0.3) is 5.91 Å². The average Bonchev–Trinajstić information content (AvgIpc) is 3.21. The van der Waals surface area contributed by atoms with Crippen molar-refractivity contribution in [3.8, 4) is 11.5 Å². The molecule has 2 heterocycles. The lowest BCUT2D eigenvalue weighted by Crippen LogP contribution is -2.44. The van der Waals surface area contributed by atoms with Crippen LogP contribution in [0.2, 0.25) is 5.02 Å². The number of hydrogen-bond acceptors (Lipinski definition) is 3. The summed E-state index contributed by atoms with van der Waals surface area (Å²) in [6.45, 7) is 1.74. The Morgan fingerprint density at radius 1 is 1.07 bits per heavy atom. The molecule has 0 saturated heterocycles. The van der Waals surface area contributed by atoms with Crippen molar-refractivity contribution >= 4 is 17.5 Å². The number of halogens is 1. The van der Waals surface area contributed by atoms with Gasteiger partial charge in [0.05, 0.1) is 7.11 Å². The minimum Gasteiger partial charge on any atom is -0.497 e. The summed E-state index contributed by atoms with van der Waals surface area (Å²) in [5.41, 5.74) is 1.65. The number of fused-ring (bicyclic) bond motifs is 1. The molecule has 1 aliphatic rings. The first-order valence-electron chi connectivity index (χ1n) is 9.14. The Hall–Kier alpha value is -2.92. The molecule has 1 atom stereocenters. The summed E-state index contributed by atoms with van der Waals surface area (Å²) in [7, 11) is 1.63. The van der Waals surface area contributed by atoms with Gasteiger partial charge in [-0.2, -0.15) is 0 Å². The van der Waals surface area contributed by atoms with Gasteiger partial charge >= 0.3 is 0 Å². The monoisotopic (exact) mass is 396 g/mol. The van der Waals surface area contributed by atoms with Gasteiger partial charge in [0.2, 0.25) is 0 Å². The van der Waals surface area contributed by atoms with Crippen LogP contribution in [-0.2, 0) is 6.54 Å². The molecule has 5 nitrogen and oxygen atoms in total. The van der Waals surface area contributed by atoms with Gasteiger partial charge in [-0.05, 0) is 54.6 Å². The Morgan fingerprint density at radius 2 is 1.86 bits per heavy atom. The molecule has 0 radical (unpaired) electrons. The fourth-order valence-electron chi connectivity index (χ4n) is 3.52. The maximum Gasteiger partial charge on any atom is 0.254 e. The zero-order valence-electron chi connectivity index (χ0n) is 15.5. The van der Waals surface area contributed by atoms with E-state index in [1.165, 1.54) is 0 Å². The van der Waals surface area contributed by atoms with Gasteiger partial charge in [0.15, 0.2) is 0 Å². The van der Waals surface area contributed by atoms with E-state index >= 15 is 0 Å². The van der Waals surface area contributed by atoms with E-state index in [1.807, 2.05) is 47.5 Å². The molecule has 0 fully saturated rings. The van der Waals surface area contributed by atoms with Crippen molar-refractivity contribution in [1.29, 1.82) is 0 Å². The highest BCUT2D eigenvalue weighted by atomic mass is 35.5. The number of amides is 1. The number of rotatable bonds is 5. The Bertz CT molecular complexity index is 968. The highest BCUT2D eigenvalue weighted by molar-refractivity contribution is 6.30. The minimum absolute atomic E-state index is 0.0433. The molecule has 0 spiro atoms. The Balaban J connectivity index is 1.57. The number of methoxy groups -OCH3 is 1. The van der Waals surface area contributed by atoms with Crippen molar-refractivity contribution in [3.05, 3.63) is 83.1 Å². The molecule has 0 unspecified atom stereocenters. The van der Waals surface area contributed by atoms with Crippen LogP contribution >= 0.6 is 11.6 Å². The van der Waals surface area contributed by atoms with Crippen molar-refractivity contribution < 1.29 is 14.3 Å². The molecule has 0 saturated carbocycles. The molecule has 6 heteroatoms. The van der Waals surface area contributed by atoms with Crippen LogP contribution in [0.25, 0.3) is 0 Å². The third-order valence-corrected chi connectivity index (χ3v) is 5.20. The quantitative estimate of drug-likeness (QED) is 0.641. The molecule has 144 valence electrons. The maximum atomic E-state index is 13.2.